The van der Waals surface area contributed by atoms with Crippen molar-refractivity contribution in [2.45, 2.75) is 32.1 Å². The summed E-state index contributed by atoms with van der Waals surface area (Å²) in [6, 6.07) is 2.11. The second kappa shape index (κ2) is 2.49. The lowest BCUT2D eigenvalue weighted by Crippen LogP contribution is -1.81. The summed E-state index contributed by atoms with van der Waals surface area (Å²) in [7, 11) is 0. The average molecular weight is 136 g/mol. The lowest BCUT2D eigenvalue weighted by molar-refractivity contribution is 0.501. The summed E-state index contributed by atoms with van der Waals surface area (Å²) < 4.78 is 5.34. The molecule has 0 bridgehead atoms. The monoisotopic (exact) mass is 136 g/mol. The first-order chi connectivity index (χ1) is 4.97. The molecule has 0 saturated heterocycles. The van der Waals surface area contributed by atoms with Crippen LogP contribution in [0.3, 0.4) is 0 Å². The Morgan fingerprint density at radius 2 is 2.00 bits per heavy atom. The molecule has 0 saturated carbocycles. The molecule has 0 radical (unpaired) electrons. The predicted molar refractivity (Wildman–Crippen MR) is 40.0 cm³/mol. The van der Waals surface area contributed by atoms with Gasteiger partial charge in [0.05, 0.1) is 6.26 Å². The molecule has 2 rings (SSSR count). The van der Waals surface area contributed by atoms with Gasteiger partial charge in [-0.1, -0.05) is 6.42 Å². The number of fused-ring (bicyclic) bond motifs is 1. The van der Waals surface area contributed by atoms with Gasteiger partial charge in [0.2, 0.25) is 0 Å². The van der Waals surface area contributed by atoms with E-state index in [1.165, 1.54) is 37.0 Å². The minimum atomic E-state index is 1.16. The van der Waals surface area contributed by atoms with Crippen molar-refractivity contribution in [3.05, 3.63) is 23.7 Å². The molecule has 0 amide bonds. The van der Waals surface area contributed by atoms with E-state index in [1.54, 1.807) is 0 Å². The molecule has 10 heavy (non-hydrogen) atoms. The minimum Gasteiger partial charge on any atom is -0.469 e. The molecule has 0 aromatic carbocycles. The van der Waals surface area contributed by atoms with Gasteiger partial charge in [0.1, 0.15) is 5.76 Å². The molecule has 1 nitrogen and oxygen atoms in total. The molecule has 1 aliphatic rings. The van der Waals surface area contributed by atoms with Gasteiger partial charge in [0, 0.05) is 6.42 Å². The first kappa shape index (κ1) is 6.02. The Labute approximate surface area is 61.0 Å². The smallest absolute Gasteiger partial charge is 0.106 e. The normalized spacial score (nSPS) is 18.0. The molecular weight excluding hydrogens is 124 g/mol. The second-order valence-corrected chi connectivity index (χ2v) is 2.93. The summed E-state index contributed by atoms with van der Waals surface area (Å²) in [5.41, 5.74) is 1.44. The average Bonchev–Trinajstić information content (AvgIpc) is 2.28. The number of hydrogen-bond acceptors (Lipinski definition) is 1. The molecule has 1 heteroatoms. The summed E-state index contributed by atoms with van der Waals surface area (Å²) >= 11 is 0. The first-order valence-corrected chi connectivity index (χ1v) is 4.02. The van der Waals surface area contributed by atoms with Gasteiger partial charge >= 0.3 is 0 Å². The van der Waals surface area contributed by atoms with Crippen LogP contribution in [0.2, 0.25) is 0 Å². The van der Waals surface area contributed by atoms with Crippen LogP contribution in [0.5, 0.6) is 0 Å². The highest BCUT2D eigenvalue weighted by molar-refractivity contribution is 5.18. The van der Waals surface area contributed by atoms with Crippen LogP contribution in [0.4, 0.5) is 0 Å². The Kier molecular flexibility index (Phi) is 1.50. The fraction of sp³-hybridized carbons (Fsp3) is 0.556. The zero-order valence-corrected chi connectivity index (χ0v) is 6.10. The van der Waals surface area contributed by atoms with Gasteiger partial charge in [-0.05, 0) is 30.9 Å². The van der Waals surface area contributed by atoms with Crippen molar-refractivity contribution in [2.24, 2.45) is 0 Å². The van der Waals surface area contributed by atoms with Gasteiger partial charge < -0.3 is 4.42 Å². The first-order valence-electron chi connectivity index (χ1n) is 4.02. The third-order valence-corrected chi connectivity index (χ3v) is 2.19. The summed E-state index contributed by atoms with van der Waals surface area (Å²) in [6.45, 7) is 0. The molecule has 0 spiro atoms. The number of rotatable bonds is 0. The van der Waals surface area contributed by atoms with Crippen LogP contribution in [0.25, 0.3) is 0 Å². The molecule has 1 heterocycles. The summed E-state index contributed by atoms with van der Waals surface area (Å²) in [4.78, 5) is 0. The maximum atomic E-state index is 5.34. The molecule has 0 atom stereocenters. The predicted octanol–water partition coefficient (Wildman–Crippen LogP) is 2.55. The van der Waals surface area contributed by atoms with E-state index < -0.39 is 0 Å². The van der Waals surface area contributed by atoms with E-state index in [4.69, 9.17) is 4.42 Å². The lowest BCUT2D eigenvalue weighted by atomic mass is 10.1. The fourth-order valence-corrected chi connectivity index (χ4v) is 1.59. The summed E-state index contributed by atoms with van der Waals surface area (Å²) in [6.07, 6.45) is 8.21. The largest absolute Gasteiger partial charge is 0.469 e. The topological polar surface area (TPSA) is 13.1 Å². The molecule has 0 aliphatic heterocycles. The van der Waals surface area contributed by atoms with Crippen molar-refractivity contribution in [1.82, 2.24) is 0 Å². The minimum absolute atomic E-state index is 1.16. The van der Waals surface area contributed by atoms with Gasteiger partial charge in [-0.2, -0.15) is 0 Å². The van der Waals surface area contributed by atoms with Crippen molar-refractivity contribution < 1.29 is 4.42 Å². The highest BCUT2D eigenvalue weighted by Gasteiger charge is 2.08. The zero-order chi connectivity index (χ0) is 6.81. The van der Waals surface area contributed by atoms with Crippen molar-refractivity contribution >= 4 is 0 Å². The Morgan fingerprint density at radius 3 is 3.00 bits per heavy atom. The van der Waals surface area contributed by atoms with Crippen LogP contribution in [-0.2, 0) is 12.8 Å². The molecule has 1 aromatic heterocycles. The van der Waals surface area contributed by atoms with E-state index in [9.17, 15) is 0 Å². The molecular formula is C9H12O. The van der Waals surface area contributed by atoms with Crippen molar-refractivity contribution in [2.75, 3.05) is 0 Å². The van der Waals surface area contributed by atoms with E-state index in [2.05, 4.69) is 6.07 Å². The number of hydrogen-bond donors (Lipinski definition) is 0. The van der Waals surface area contributed by atoms with Gasteiger partial charge in [-0.15, -0.1) is 0 Å². The van der Waals surface area contributed by atoms with E-state index in [0.717, 1.165) is 6.42 Å². The van der Waals surface area contributed by atoms with E-state index in [0.29, 0.717) is 0 Å². The zero-order valence-electron chi connectivity index (χ0n) is 6.10. The van der Waals surface area contributed by atoms with Gasteiger partial charge in [0.15, 0.2) is 0 Å². The Balaban J connectivity index is 2.28. The van der Waals surface area contributed by atoms with Crippen molar-refractivity contribution in [3.8, 4) is 0 Å². The summed E-state index contributed by atoms with van der Waals surface area (Å²) in [5, 5.41) is 0. The maximum Gasteiger partial charge on any atom is 0.106 e. The molecule has 0 N–H and O–H groups in total. The van der Waals surface area contributed by atoms with Gasteiger partial charge in [-0.3, -0.25) is 0 Å². The Hall–Kier alpha value is -0.720. The summed E-state index contributed by atoms with van der Waals surface area (Å²) in [5.74, 6) is 1.23. The molecule has 0 fully saturated rings. The molecule has 0 unspecified atom stereocenters. The lowest BCUT2D eigenvalue weighted by Gasteiger charge is -1.91. The van der Waals surface area contributed by atoms with E-state index >= 15 is 0 Å². The van der Waals surface area contributed by atoms with Gasteiger partial charge in [-0.25, -0.2) is 0 Å². The highest BCUT2D eigenvalue weighted by Crippen LogP contribution is 2.20. The van der Waals surface area contributed by atoms with Crippen LogP contribution in [0.15, 0.2) is 16.7 Å². The van der Waals surface area contributed by atoms with Gasteiger partial charge in [0.25, 0.3) is 0 Å². The quantitative estimate of drug-likeness (QED) is 0.499. The van der Waals surface area contributed by atoms with Crippen LogP contribution < -0.4 is 0 Å². The maximum absolute atomic E-state index is 5.34. The number of furan rings is 1. The Morgan fingerprint density at radius 1 is 1.10 bits per heavy atom. The van der Waals surface area contributed by atoms with Crippen molar-refractivity contribution in [3.63, 3.8) is 0 Å². The van der Waals surface area contributed by atoms with Crippen LogP contribution in [0, 0.1) is 0 Å². The van der Waals surface area contributed by atoms with Crippen LogP contribution in [0.1, 0.15) is 30.6 Å². The van der Waals surface area contributed by atoms with E-state index in [1.807, 2.05) is 6.26 Å². The third kappa shape index (κ3) is 0.962. The highest BCUT2D eigenvalue weighted by atomic mass is 16.3. The van der Waals surface area contributed by atoms with Crippen molar-refractivity contribution in [1.29, 1.82) is 0 Å². The van der Waals surface area contributed by atoms with Crippen LogP contribution in [-0.4, -0.2) is 0 Å². The van der Waals surface area contributed by atoms with E-state index in [-0.39, 0.29) is 0 Å². The standard InChI is InChI=1S/C9H12O/c1-2-4-8-6-7-10-9(8)5-3-1/h6-7H,1-5H2. The third-order valence-electron chi connectivity index (χ3n) is 2.19. The molecule has 54 valence electrons. The molecule has 1 aliphatic carbocycles. The second-order valence-electron chi connectivity index (χ2n) is 2.93. The number of aryl methyl sites for hydroxylation is 2. The Bertz CT molecular complexity index is 192. The SMILES string of the molecule is c1cc2c(o1)CCCCC2. The fourth-order valence-electron chi connectivity index (χ4n) is 1.59. The molecule has 1 aromatic rings. The van der Waals surface area contributed by atoms with Crippen LogP contribution >= 0.6 is 0 Å².